The zero-order valence-electron chi connectivity index (χ0n) is 16.2. The van der Waals surface area contributed by atoms with Crippen LogP contribution in [-0.2, 0) is 29.1 Å². The van der Waals surface area contributed by atoms with Gasteiger partial charge in [-0.25, -0.2) is 18.1 Å². The average Bonchev–Trinajstić information content (AvgIpc) is 3.03. The van der Waals surface area contributed by atoms with Gasteiger partial charge in [-0.15, -0.1) is 0 Å². The maximum atomic E-state index is 12.7. The molecule has 0 spiro atoms. The summed E-state index contributed by atoms with van der Waals surface area (Å²) in [6.07, 6.45) is 3.61. The fourth-order valence-corrected chi connectivity index (χ4v) is 4.74. The van der Waals surface area contributed by atoms with E-state index in [-0.39, 0.29) is 17.5 Å². The molecule has 8 heteroatoms. The zero-order valence-corrected chi connectivity index (χ0v) is 17.0. The second-order valence-corrected chi connectivity index (χ2v) is 9.15. The van der Waals surface area contributed by atoms with Crippen molar-refractivity contribution in [3.05, 3.63) is 41.3 Å². The molecule has 0 saturated carbocycles. The number of aryl methyl sites for hydroxylation is 2. The molecule has 0 radical (unpaired) electrons. The summed E-state index contributed by atoms with van der Waals surface area (Å²) in [5.74, 6) is 1.54. The molecule has 1 aliphatic carbocycles. The quantitative estimate of drug-likeness (QED) is 0.783. The zero-order chi connectivity index (χ0) is 19.8. The SMILES string of the molecule is COc1ccc2c(c1)CCC[C@@]2(O)CNS(=O)(=O)c1cn(C)c(C(C)C)n1. The third-order valence-corrected chi connectivity index (χ3v) is 6.36. The van der Waals surface area contributed by atoms with E-state index in [0.29, 0.717) is 12.2 Å². The topological polar surface area (TPSA) is 93.5 Å². The van der Waals surface area contributed by atoms with Crippen molar-refractivity contribution in [3.8, 4) is 5.75 Å². The molecule has 27 heavy (non-hydrogen) atoms. The first kappa shape index (κ1) is 19.9. The number of ether oxygens (including phenoxy) is 1. The van der Waals surface area contributed by atoms with Crippen molar-refractivity contribution in [2.45, 2.75) is 49.7 Å². The van der Waals surface area contributed by atoms with E-state index in [4.69, 9.17) is 4.74 Å². The summed E-state index contributed by atoms with van der Waals surface area (Å²) in [5.41, 5.74) is 0.492. The molecule has 1 aromatic carbocycles. The van der Waals surface area contributed by atoms with Crippen LogP contribution in [0.15, 0.2) is 29.4 Å². The van der Waals surface area contributed by atoms with Gasteiger partial charge in [0.25, 0.3) is 10.0 Å². The second-order valence-electron chi connectivity index (χ2n) is 7.44. The van der Waals surface area contributed by atoms with Gasteiger partial charge in [0.05, 0.1) is 7.11 Å². The smallest absolute Gasteiger partial charge is 0.259 e. The number of fused-ring (bicyclic) bond motifs is 1. The van der Waals surface area contributed by atoms with E-state index in [0.717, 1.165) is 29.7 Å². The lowest BCUT2D eigenvalue weighted by Crippen LogP contribution is -2.43. The number of sulfonamides is 1. The number of nitrogens with zero attached hydrogens (tertiary/aromatic N) is 2. The van der Waals surface area contributed by atoms with Gasteiger partial charge in [0.2, 0.25) is 0 Å². The first-order valence-electron chi connectivity index (χ1n) is 9.09. The van der Waals surface area contributed by atoms with Gasteiger partial charge >= 0.3 is 0 Å². The Morgan fingerprint density at radius 2 is 2.15 bits per heavy atom. The number of aromatic nitrogens is 2. The molecule has 0 bridgehead atoms. The largest absolute Gasteiger partial charge is 0.497 e. The summed E-state index contributed by atoms with van der Waals surface area (Å²) in [7, 11) is -0.437. The van der Waals surface area contributed by atoms with Crippen LogP contribution in [0.25, 0.3) is 0 Å². The minimum absolute atomic E-state index is 0.0249. The predicted molar refractivity (Wildman–Crippen MR) is 102 cm³/mol. The third-order valence-electron chi connectivity index (χ3n) is 5.09. The van der Waals surface area contributed by atoms with Gasteiger partial charge in [-0.05, 0) is 42.5 Å². The summed E-state index contributed by atoms with van der Waals surface area (Å²) in [5, 5.41) is 11.1. The van der Waals surface area contributed by atoms with Gasteiger partial charge < -0.3 is 14.4 Å². The van der Waals surface area contributed by atoms with Gasteiger partial charge in [-0.2, -0.15) is 0 Å². The van der Waals surface area contributed by atoms with E-state index in [2.05, 4.69) is 9.71 Å². The van der Waals surface area contributed by atoms with Gasteiger partial charge in [0.15, 0.2) is 5.03 Å². The van der Waals surface area contributed by atoms with Gasteiger partial charge in [-0.3, -0.25) is 0 Å². The Labute approximate surface area is 160 Å². The molecule has 7 nitrogen and oxygen atoms in total. The molecule has 2 aromatic rings. The summed E-state index contributed by atoms with van der Waals surface area (Å²) >= 11 is 0. The summed E-state index contributed by atoms with van der Waals surface area (Å²) < 4.78 is 34.9. The van der Waals surface area contributed by atoms with Gasteiger partial charge in [-0.1, -0.05) is 19.9 Å². The van der Waals surface area contributed by atoms with E-state index in [1.165, 1.54) is 6.20 Å². The minimum atomic E-state index is -3.81. The minimum Gasteiger partial charge on any atom is -0.497 e. The number of aliphatic hydroxyl groups is 1. The van der Waals surface area contributed by atoms with Crippen LogP contribution in [0.4, 0.5) is 0 Å². The first-order valence-corrected chi connectivity index (χ1v) is 10.6. The number of rotatable bonds is 6. The van der Waals surface area contributed by atoms with Gasteiger partial charge in [0, 0.05) is 25.7 Å². The van der Waals surface area contributed by atoms with Crippen molar-refractivity contribution in [2.24, 2.45) is 7.05 Å². The Morgan fingerprint density at radius 3 is 2.78 bits per heavy atom. The molecule has 1 atom stereocenters. The van der Waals surface area contributed by atoms with Crippen molar-refractivity contribution in [1.82, 2.24) is 14.3 Å². The Kier molecular flexibility index (Phi) is 5.33. The molecule has 2 N–H and O–H groups in total. The highest BCUT2D eigenvalue weighted by atomic mass is 32.2. The molecule has 0 unspecified atom stereocenters. The Bertz CT molecular complexity index is 936. The van der Waals surface area contributed by atoms with Crippen molar-refractivity contribution in [2.75, 3.05) is 13.7 Å². The maximum Gasteiger partial charge on any atom is 0.259 e. The highest BCUT2D eigenvalue weighted by molar-refractivity contribution is 7.89. The van der Waals surface area contributed by atoms with Crippen molar-refractivity contribution in [3.63, 3.8) is 0 Å². The third kappa shape index (κ3) is 3.88. The summed E-state index contributed by atoms with van der Waals surface area (Å²) in [6, 6.07) is 5.51. The number of hydrogen-bond donors (Lipinski definition) is 2. The molecule has 1 heterocycles. The summed E-state index contributed by atoms with van der Waals surface area (Å²) in [6.45, 7) is 3.83. The number of hydrogen-bond acceptors (Lipinski definition) is 5. The lowest BCUT2D eigenvalue weighted by atomic mass is 9.79. The predicted octanol–water partition coefficient (Wildman–Crippen LogP) is 2.05. The number of methoxy groups -OCH3 is 1. The van der Waals surface area contributed by atoms with Crippen LogP contribution < -0.4 is 9.46 Å². The van der Waals surface area contributed by atoms with Crippen LogP contribution in [0.1, 0.15) is 49.6 Å². The van der Waals surface area contributed by atoms with Crippen molar-refractivity contribution < 1.29 is 18.3 Å². The highest BCUT2D eigenvalue weighted by Gasteiger charge is 2.36. The standard InChI is InChI=1S/C19H27N3O4S/c1-13(2)18-21-17(11-22(18)3)27(24,25)20-12-19(23)9-5-6-14-10-15(26-4)7-8-16(14)19/h7-8,10-11,13,20,23H,5-6,9,12H2,1-4H3/t19-/m1/s1. The molecule has 0 fully saturated rings. The number of imidazole rings is 1. The fourth-order valence-electron chi connectivity index (χ4n) is 3.65. The molecule has 0 saturated heterocycles. The Balaban J connectivity index is 1.83. The Morgan fingerprint density at radius 1 is 1.41 bits per heavy atom. The molecule has 148 valence electrons. The monoisotopic (exact) mass is 393 g/mol. The van der Waals surface area contributed by atoms with Crippen LogP contribution in [0.2, 0.25) is 0 Å². The van der Waals surface area contributed by atoms with Crippen LogP contribution in [0.3, 0.4) is 0 Å². The second kappa shape index (κ2) is 7.26. The average molecular weight is 394 g/mol. The molecule has 3 rings (SSSR count). The molecule has 1 aromatic heterocycles. The van der Waals surface area contributed by atoms with E-state index in [9.17, 15) is 13.5 Å². The molecular formula is C19H27N3O4S. The fraction of sp³-hybridized carbons (Fsp3) is 0.526. The van der Waals surface area contributed by atoms with E-state index < -0.39 is 15.6 Å². The van der Waals surface area contributed by atoms with Crippen LogP contribution >= 0.6 is 0 Å². The lowest BCUT2D eigenvalue weighted by molar-refractivity contribution is 0.0242. The molecule has 0 amide bonds. The molecule has 0 aliphatic heterocycles. The van der Waals surface area contributed by atoms with E-state index >= 15 is 0 Å². The number of benzene rings is 1. The van der Waals surface area contributed by atoms with E-state index in [1.807, 2.05) is 26.0 Å². The van der Waals surface area contributed by atoms with Crippen LogP contribution in [0.5, 0.6) is 5.75 Å². The normalized spacial score (nSPS) is 19.9. The highest BCUT2D eigenvalue weighted by Crippen LogP contribution is 2.36. The molecule has 1 aliphatic rings. The number of nitrogens with one attached hydrogen (secondary N) is 1. The summed E-state index contributed by atoms with van der Waals surface area (Å²) in [4.78, 5) is 4.25. The Hall–Kier alpha value is -1.90. The maximum absolute atomic E-state index is 12.7. The van der Waals surface area contributed by atoms with Crippen molar-refractivity contribution in [1.29, 1.82) is 0 Å². The van der Waals surface area contributed by atoms with Crippen molar-refractivity contribution >= 4 is 10.0 Å². The van der Waals surface area contributed by atoms with Crippen LogP contribution in [-0.4, -0.2) is 36.7 Å². The molecular weight excluding hydrogens is 366 g/mol. The van der Waals surface area contributed by atoms with E-state index in [1.54, 1.807) is 24.8 Å². The first-order chi connectivity index (χ1) is 12.7. The van der Waals surface area contributed by atoms with Crippen LogP contribution in [0, 0.1) is 0 Å². The lowest BCUT2D eigenvalue weighted by Gasteiger charge is -2.34. The van der Waals surface area contributed by atoms with Gasteiger partial charge in [0.1, 0.15) is 17.2 Å².